The lowest BCUT2D eigenvalue weighted by molar-refractivity contribution is 0.0512. The number of halogens is 1. The Kier molecular flexibility index (Phi) is 4.53. The molecule has 4 N–H and O–H groups in total. The monoisotopic (exact) mass is 387 g/mol. The molecule has 4 rings (SSSR count). The molecule has 0 aromatic heterocycles. The van der Waals surface area contributed by atoms with Crippen molar-refractivity contribution in [2.45, 2.75) is 37.8 Å². The summed E-state index contributed by atoms with van der Waals surface area (Å²) in [5.74, 6) is 0.506. The molecule has 1 unspecified atom stereocenters. The van der Waals surface area contributed by atoms with Crippen molar-refractivity contribution >= 4 is 17.7 Å². The van der Waals surface area contributed by atoms with Crippen LogP contribution in [0.4, 0.5) is 10.1 Å². The van der Waals surface area contributed by atoms with Gasteiger partial charge < -0.3 is 30.8 Å². The highest BCUT2D eigenvalue weighted by atomic mass is 19.1. The Hall–Kier alpha value is -2.61. The Balaban J connectivity index is 1.64. The fraction of sp³-hybridized carbons (Fsp3) is 0.500. The first-order valence-corrected chi connectivity index (χ1v) is 9.53. The molecular formula is C20H26FN5O2. The van der Waals surface area contributed by atoms with E-state index in [1.807, 2.05) is 19.9 Å². The maximum atomic E-state index is 14.3. The number of ether oxygens (including phenoxy) is 2. The van der Waals surface area contributed by atoms with E-state index in [4.69, 9.17) is 20.6 Å². The third-order valence-electron chi connectivity index (χ3n) is 5.50. The van der Waals surface area contributed by atoms with Crippen LogP contribution in [0.15, 0.2) is 29.0 Å². The van der Waals surface area contributed by atoms with Gasteiger partial charge in [-0.1, -0.05) is 0 Å². The number of rotatable bonds is 5. The topological polar surface area (TPSA) is 96.0 Å². The Bertz CT molecular complexity index is 858. The van der Waals surface area contributed by atoms with Gasteiger partial charge in [0, 0.05) is 30.4 Å². The molecule has 8 heteroatoms. The van der Waals surface area contributed by atoms with Gasteiger partial charge in [-0.3, -0.25) is 4.99 Å². The molecule has 1 aliphatic carbocycles. The summed E-state index contributed by atoms with van der Waals surface area (Å²) in [5.41, 5.74) is 5.64. The number of hydrogen-bond donors (Lipinski definition) is 3. The molecule has 2 fully saturated rings. The number of anilines is 1. The van der Waals surface area contributed by atoms with Crippen LogP contribution in [-0.2, 0) is 4.74 Å². The molecule has 0 radical (unpaired) electrons. The molecule has 150 valence electrons. The van der Waals surface area contributed by atoms with Crippen molar-refractivity contribution < 1.29 is 13.9 Å². The van der Waals surface area contributed by atoms with E-state index in [0.29, 0.717) is 18.8 Å². The van der Waals surface area contributed by atoms with Crippen LogP contribution >= 0.6 is 0 Å². The SMILES string of the molecule is CC1(Oc2cc(C(=N)C3(C)C=C(N4CCOCC4)NC=N3)c(N)cc2F)CC1. The number of nitrogens with zero attached hydrogens (tertiary/aromatic N) is 2. The predicted molar refractivity (Wildman–Crippen MR) is 106 cm³/mol. The van der Waals surface area contributed by atoms with E-state index in [-0.39, 0.29) is 22.7 Å². The number of nitrogen functional groups attached to an aromatic ring is 1. The molecule has 7 nitrogen and oxygen atoms in total. The normalized spacial score (nSPS) is 25.7. The highest BCUT2D eigenvalue weighted by Gasteiger charge is 2.41. The predicted octanol–water partition coefficient (Wildman–Crippen LogP) is 2.27. The van der Waals surface area contributed by atoms with Crippen LogP contribution in [0.5, 0.6) is 5.75 Å². The van der Waals surface area contributed by atoms with Gasteiger partial charge >= 0.3 is 0 Å². The van der Waals surface area contributed by atoms with Gasteiger partial charge in [0.2, 0.25) is 0 Å². The Morgan fingerprint density at radius 2 is 2.04 bits per heavy atom. The summed E-state index contributed by atoms with van der Waals surface area (Å²) >= 11 is 0. The zero-order chi connectivity index (χ0) is 19.9. The first-order chi connectivity index (χ1) is 13.3. The molecule has 2 heterocycles. The third kappa shape index (κ3) is 3.56. The molecular weight excluding hydrogens is 361 g/mol. The van der Waals surface area contributed by atoms with Gasteiger partial charge in [0.1, 0.15) is 17.0 Å². The van der Waals surface area contributed by atoms with Crippen LogP contribution < -0.4 is 15.8 Å². The number of nitrogens with two attached hydrogens (primary N) is 1. The molecule has 3 aliphatic rings. The smallest absolute Gasteiger partial charge is 0.167 e. The van der Waals surface area contributed by atoms with Crippen molar-refractivity contribution in [2.24, 2.45) is 4.99 Å². The molecule has 2 aliphatic heterocycles. The number of hydrogen-bond acceptors (Lipinski definition) is 7. The first kappa shape index (κ1) is 18.7. The summed E-state index contributed by atoms with van der Waals surface area (Å²) in [4.78, 5) is 6.64. The minimum atomic E-state index is -0.925. The average molecular weight is 387 g/mol. The van der Waals surface area contributed by atoms with E-state index in [9.17, 15) is 4.39 Å². The van der Waals surface area contributed by atoms with Gasteiger partial charge in [-0.2, -0.15) is 0 Å². The summed E-state index contributed by atoms with van der Waals surface area (Å²) in [7, 11) is 0. The molecule has 28 heavy (non-hydrogen) atoms. The number of nitrogens with one attached hydrogen (secondary N) is 2. The second kappa shape index (κ2) is 6.77. The summed E-state index contributed by atoms with van der Waals surface area (Å²) in [6.45, 7) is 6.66. The van der Waals surface area contributed by atoms with E-state index >= 15 is 0 Å². The first-order valence-electron chi connectivity index (χ1n) is 9.53. The van der Waals surface area contributed by atoms with Crippen molar-refractivity contribution in [3.63, 3.8) is 0 Å². The minimum absolute atomic E-state index is 0.132. The molecule has 1 aromatic carbocycles. The summed E-state index contributed by atoms with van der Waals surface area (Å²) in [5, 5.41) is 11.9. The van der Waals surface area contributed by atoms with Crippen molar-refractivity contribution in [3.8, 4) is 5.75 Å². The second-order valence-corrected chi connectivity index (χ2v) is 7.98. The lowest BCUT2D eigenvalue weighted by Crippen LogP contribution is -2.45. The van der Waals surface area contributed by atoms with Crippen molar-refractivity contribution in [2.75, 3.05) is 32.0 Å². The fourth-order valence-corrected chi connectivity index (χ4v) is 3.38. The summed E-state index contributed by atoms with van der Waals surface area (Å²) in [6.07, 6.45) is 5.29. The maximum absolute atomic E-state index is 14.3. The van der Waals surface area contributed by atoms with Crippen LogP contribution in [0.3, 0.4) is 0 Å². The quantitative estimate of drug-likeness (QED) is 0.532. The van der Waals surface area contributed by atoms with Gasteiger partial charge in [0.25, 0.3) is 0 Å². The highest BCUT2D eigenvalue weighted by molar-refractivity contribution is 6.10. The standard InChI is InChI=1S/C20H26FN5O2/c1-19(3-4-19)28-16-9-13(15(22)10-14(16)21)18(23)20(2)11-17(24-12-25-20)26-5-7-27-8-6-26/h9-12,23H,3-8,22H2,1-2H3,(H,24,25). The Labute approximate surface area is 163 Å². The summed E-state index contributed by atoms with van der Waals surface area (Å²) in [6, 6.07) is 2.76. The van der Waals surface area contributed by atoms with Crippen LogP contribution in [0.25, 0.3) is 0 Å². The highest BCUT2D eigenvalue weighted by Crippen LogP contribution is 2.41. The number of morpholine rings is 1. The van der Waals surface area contributed by atoms with Gasteiger partial charge in [-0.25, -0.2) is 4.39 Å². The molecule has 1 saturated heterocycles. The van der Waals surface area contributed by atoms with Crippen LogP contribution in [0, 0.1) is 11.2 Å². The van der Waals surface area contributed by atoms with Gasteiger partial charge in [0.05, 0.1) is 25.3 Å². The molecule has 1 saturated carbocycles. The number of aliphatic imine (C=N–C) groups is 1. The van der Waals surface area contributed by atoms with E-state index in [1.165, 1.54) is 12.1 Å². The Morgan fingerprint density at radius 1 is 1.32 bits per heavy atom. The number of benzene rings is 1. The van der Waals surface area contributed by atoms with E-state index in [2.05, 4.69) is 15.2 Å². The van der Waals surface area contributed by atoms with Crippen LogP contribution in [-0.4, -0.2) is 54.4 Å². The Morgan fingerprint density at radius 3 is 2.71 bits per heavy atom. The molecule has 0 spiro atoms. The molecule has 0 amide bonds. The van der Waals surface area contributed by atoms with Gasteiger partial charge in [-0.15, -0.1) is 0 Å². The molecule has 1 aromatic rings. The van der Waals surface area contributed by atoms with Crippen molar-refractivity contribution in [1.82, 2.24) is 10.2 Å². The van der Waals surface area contributed by atoms with Crippen LogP contribution in [0.1, 0.15) is 32.3 Å². The zero-order valence-electron chi connectivity index (χ0n) is 16.2. The molecule has 1 atom stereocenters. The summed E-state index contributed by atoms with van der Waals surface area (Å²) < 4.78 is 25.6. The largest absolute Gasteiger partial charge is 0.484 e. The maximum Gasteiger partial charge on any atom is 0.167 e. The van der Waals surface area contributed by atoms with Gasteiger partial charge in [-0.05, 0) is 38.8 Å². The van der Waals surface area contributed by atoms with Crippen molar-refractivity contribution in [1.29, 1.82) is 5.41 Å². The van der Waals surface area contributed by atoms with E-state index < -0.39 is 11.4 Å². The van der Waals surface area contributed by atoms with E-state index in [1.54, 1.807) is 6.34 Å². The van der Waals surface area contributed by atoms with E-state index in [0.717, 1.165) is 31.8 Å². The third-order valence-corrected chi connectivity index (χ3v) is 5.50. The second-order valence-electron chi connectivity index (χ2n) is 7.98. The lowest BCUT2D eigenvalue weighted by Gasteiger charge is -2.35. The van der Waals surface area contributed by atoms with Crippen LogP contribution in [0.2, 0.25) is 0 Å². The lowest BCUT2D eigenvalue weighted by atomic mass is 9.88. The average Bonchev–Trinajstić information content (AvgIpc) is 3.41. The minimum Gasteiger partial charge on any atom is -0.484 e. The fourth-order valence-electron chi connectivity index (χ4n) is 3.38. The van der Waals surface area contributed by atoms with Crippen molar-refractivity contribution in [3.05, 3.63) is 35.4 Å². The molecule has 0 bridgehead atoms. The van der Waals surface area contributed by atoms with Gasteiger partial charge in [0.15, 0.2) is 11.6 Å². The zero-order valence-corrected chi connectivity index (χ0v) is 16.2.